The Bertz CT molecular complexity index is 711. The number of esters is 1. The van der Waals surface area contributed by atoms with E-state index in [1.807, 2.05) is 0 Å². The van der Waals surface area contributed by atoms with Gasteiger partial charge < -0.3 is 48.3 Å². The molecule has 0 fully saturated rings. The van der Waals surface area contributed by atoms with E-state index in [4.69, 9.17) is 37.9 Å². The summed E-state index contributed by atoms with van der Waals surface area (Å²) in [5, 5.41) is 12.3. The van der Waals surface area contributed by atoms with Gasteiger partial charge in [-0.05, 0) is 27.7 Å². The summed E-state index contributed by atoms with van der Waals surface area (Å²) in [6.07, 6.45) is -1.97. The zero-order valence-corrected chi connectivity index (χ0v) is 22.3. The summed E-state index contributed by atoms with van der Waals surface area (Å²) in [5.74, 6) is 0.746. The number of nitrogens with one attached hydrogen (secondary N) is 1. The normalized spacial score (nSPS) is 11.6. The van der Waals surface area contributed by atoms with Gasteiger partial charge in [0, 0.05) is 5.57 Å². The number of allylic oxidation sites excluding steroid dienone is 3. The van der Waals surface area contributed by atoms with E-state index in [9.17, 15) is 14.7 Å². The molecule has 12 nitrogen and oxygen atoms in total. The molecule has 212 valence electrons. The standard InChI is InChI=1S/C25H41NO11/c1-18(2)23(28)33-10-22(27)9-26-24(29)34-14-25(11-30-15-35-19(3)4,12-31-16-36-20(5)6)13-32-17-37-21(7)8/h22,27H,1,3,5,7,9-17H2,2,4,6,8H3,(H,26,29). The number of carbonyl (C=O) groups excluding carboxylic acids is 2. The van der Waals surface area contributed by atoms with Crippen LogP contribution in [0.15, 0.2) is 49.2 Å². The molecular weight excluding hydrogens is 490 g/mol. The van der Waals surface area contributed by atoms with Gasteiger partial charge in [-0.2, -0.15) is 0 Å². The smallest absolute Gasteiger partial charge is 0.407 e. The molecule has 0 bridgehead atoms. The molecule has 0 aliphatic heterocycles. The third-order valence-corrected chi connectivity index (χ3v) is 4.14. The van der Waals surface area contributed by atoms with Crippen molar-refractivity contribution in [1.82, 2.24) is 5.32 Å². The Balaban J connectivity index is 5.12. The molecule has 1 unspecified atom stereocenters. The van der Waals surface area contributed by atoms with Crippen molar-refractivity contribution in [2.75, 3.05) is 60.0 Å². The maximum Gasteiger partial charge on any atom is 0.407 e. The number of aliphatic hydroxyl groups excluding tert-OH is 1. The summed E-state index contributed by atoms with van der Waals surface area (Å²) < 4.78 is 42.7. The third-order valence-electron chi connectivity index (χ3n) is 4.14. The second-order valence-corrected chi connectivity index (χ2v) is 8.43. The monoisotopic (exact) mass is 531 g/mol. The van der Waals surface area contributed by atoms with Crippen LogP contribution in [0.3, 0.4) is 0 Å². The molecule has 0 aromatic carbocycles. The lowest BCUT2D eigenvalue weighted by Gasteiger charge is -2.32. The lowest BCUT2D eigenvalue weighted by atomic mass is 9.92. The molecule has 0 aromatic rings. The Morgan fingerprint density at radius 2 is 1.16 bits per heavy atom. The lowest BCUT2D eigenvalue weighted by molar-refractivity contribution is -0.153. The molecule has 1 amide bonds. The highest BCUT2D eigenvalue weighted by Crippen LogP contribution is 2.21. The molecule has 1 atom stereocenters. The van der Waals surface area contributed by atoms with Crippen molar-refractivity contribution in [3.8, 4) is 0 Å². The van der Waals surface area contributed by atoms with Crippen LogP contribution in [0.25, 0.3) is 0 Å². The van der Waals surface area contributed by atoms with Gasteiger partial charge in [0.1, 0.15) is 19.3 Å². The van der Waals surface area contributed by atoms with Gasteiger partial charge in [-0.15, -0.1) is 0 Å². The van der Waals surface area contributed by atoms with Crippen LogP contribution in [0, 0.1) is 5.41 Å². The van der Waals surface area contributed by atoms with Crippen molar-refractivity contribution < 1.29 is 52.6 Å². The molecule has 0 spiro atoms. The lowest BCUT2D eigenvalue weighted by Crippen LogP contribution is -2.44. The van der Waals surface area contributed by atoms with Crippen molar-refractivity contribution in [3.05, 3.63) is 49.2 Å². The van der Waals surface area contributed by atoms with Crippen LogP contribution < -0.4 is 5.32 Å². The van der Waals surface area contributed by atoms with Gasteiger partial charge in [0.2, 0.25) is 0 Å². The highest BCUT2D eigenvalue weighted by molar-refractivity contribution is 5.86. The van der Waals surface area contributed by atoms with Crippen molar-refractivity contribution >= 4 is 12.1 Å². The van der Waals surface area contributed by atoms with Crippen LogP contribution in [0.5, 0.6) is 0 Å². The zero-order valence-electron chi connectivity index (χ0n) is 22.3. The van der Waals surface area contributed by atoms with E-state index in [-0.39, 0.29) is 65.5 Å². The number of hydrogen-bond acceptors (Lipinski definition) is 11. The average molecular weight is 532 g/mol. The molecule has 0 saturated heterocycles. The fourth-order valence-corrected chi connectivity index (χ4v) is 2.28. The highest BCUT2D eigenvalue weighted by Gasteiger charge is 2.34. The first-order valence-electron chi connectivity index (χ1n) is 11.4. The average Bonchev–Trinajstić information content (AvgIpc) is 2.82. The minimum absolute atomic E-state index is 0.00713. The summed E-state index contributed by atoms with van der Waals surface area (Å²) in [5.41, 5.74) is -0.805. The first-order valence-corrected chi connectivity index (χ1v) is 11.4. The number of ether oxygens (including phenoxy) is 8. The van der Waals surface area contributed by atoms with Crippen LogP contribution in [0.2, 0.25) is 0 Å². The van der Waals surface area contributed by atoms with E-state index >= 15 is 0 Å². The Labute approximate surface area is 218 Å². The molecule has 0 saturated carbocycles. The van der Waals surface area contributed by atoms with Crippen LogP contribution in [-0.4, -0.2) is 83.2 Å². The molecular formula is C25H41NO11. The largest absolute Gasteiger partial charge is 0.473 e. The van der Waals surface area contributed by atoms with Crippen molar-refractivity contribution in [1.29, 1.82) is 0 Å². The van der Waals surface area contributed by atoms with E-state index in [1.165, 1.54) is 6.92 Å². The first kappa shape index (κ1) is 33.9. The van der Waals surface area contributed by atoms with Crippen molar-refractivity contribution in [3.63, 3.8) is 0 Å². The number of alkyl carbamates (subject to hydrolysis) is 1. The van der Waals surface area contributed by atoms with E-state index in [0.29, 0.717) is 17.3 Å². The molecule has 0 radical (unpaired) electrons. The van der Waals surface area contributed by atoms with Gasteiger partial charge in [0.05, 0.1) is 49.1 Å². The SMILES string of the molecule is C=C(C)OCOCC(COCOC(=C)C)(COCOC(=C)C)COC(=O)NCC(O)COC(=O)C(=C)C. The quantitative estimate of drug-likeness (QED) is 0.0700. The first-order chi connectivity index (χ1) is 17.4. The molecule has 0 rings (SSSR count). The highest BCUT2D eigenvalue weighted by atomic mass is 16.7. The van der Waals surface area contributed by atoms with Gasteiger partial charge in [0.25, 0.3) is 0 Å². The van der Waals surface area contributed by atoms with E-state index < -0.39 is 23.6 Å². The molecule has 0 aliphatic rings. The van der Waals surface area contributed by atoms with Crippen LogP contribution in [-0.2, 0) is 42.7 Å². The predicted molar refractivity (Wildman–Crippen MR) is 134 cm³/mol. The van der Waals surface area contributed by atoms with E-state index in [1.54, 1.807) is 20.8 Å². The Hall–Kier alpha value is -3.06. The number of carbonyl (C=O) groups is 2. The molecule has 0 aromatic heterocycles. The fraction of sp³-hybridized carbons (Fsp3) is 0.600. The molecule has 12 heteroatoms. The van der Waals surface area contributed by atoms with Gasteiger partial charge in [-0.1, -0.05) is 26.3 Å². The number of rotatable bonds is 22. The Kier molecular flexibility index (Phi) is 17.5. The van der Waals surface area contributed by atoms with E-state index in [0.717, 1.165) is 0 Å². The topological polar surface area (TPSA) is 140 Å². The summed E-state index contributed by atoms with van der Waals surface area (Å²) in [4.78, 5) is 23.7. The maximum atomic E-state index is 12.3. The number of aliphatic hydroxyl groups is 1. The summed E-state index contributed by atoms with van der Waals surface area (Å²) in [6.45, 7) is 19.9. The van der Waals surface area contributed by atoms with Gasteiger partial charge in [-0.25, -0.2) is 9.59 Å². The summed E-state index contributed by atoms with van der Waals surface area (Å²) in [7, 11) is 0. The van der Waals surface area contributed by atoms with Gasteiger partial charge in [0.15, 0.2) is 20.4 Å². The van der Waals surface area contributed by atoms with Gasteiger partial charge in [-0.3, -0.25) is 0 Å². The van der Waals surface area contributed by atoms with Crippen LogP contribution >= 0.6 is 0 Å². The second kappa shape index (κ2) is 19.1. The predicted octanol–water partition coefficient (Wildman–Crippen LogP) is 2.75. The Morgan fingerprint density at radius 3 is 1.54 bits per heavy atom. The second-order valence-electron chi connectivity index (χ2n) is 8.43. The number of amides is 1. The van der Waals surface area contributed by atoms with Crippen molar-refractivity contribution in [2.24, 2.45) is 5.41 Å². The molecule has 37 heavy (non-hydrogen) atoms. The van der Waals surface area contributed by atoms with Crippen LogP contribution in [0.4, 0.5) is 4.79 Å². The minimum atomic E-state index is -1.14. The van der Waals surface area contributed by atoms with Crippen molar-refractivity contribution in [2.45, 2.75) is 33.8 Å². The number of hydrogen-bond donors (Lipinski definition) is 2. The van der Waals surface area contributed by atoms with Crippen LogP contribution in [0.1, 0.15) is 27.7 Å². The van der Waals surface area contributed by atoms with E-state index in [2.05, 4.69) is 31.6 Å². The maximum absolute atomic E-state index is 12.3. The Morgan fingerprint density at radius 1 is 0.730 bits per heavy atom. The minimum Gasteiger partial charge on any atom is -0.473 e. The zero-order chi connectivity index (χ0) is 28.3. The molecule has 2 N–H and O–H groups in total. The fourth-order valence-electron chi connectivity index (χ4n) is 2.28. The molecule has 0 aliphatic carbocycles. The molecule has 0 heterocycles. The summed E-state index contributed by atoms with van der Waals surface area (Å²) >= 11 is 0. The third kappa shape index (κ3) is 18.8. The van der Waals surface area contributed by atoms with Gasteiger partial charge >= 0.3 is 12.1 Å². The summed E-state index contributed by atoms with van der Waals surface area (Å²) in [6, 6.07) is 0.